The molecule has 0 atom stereocenters. The molecule has 0 aliphatic carbocycles. The molecule has 1 fully saturated rings. The van der Waals surface area contributed by atoms with E-state index in [-0.39, 0.29) is 5.78 Å². The van der Waals surface area contributed by atoms with Gasteiger partial charge < -0.3 is 10.6 Å². The Morgan fingerprint density at radius 3 is 1.73 bits per heavy atom. The number of carbonyl (C=O) groups excluding carboxylic acids is 1. The van der Waals surface area contributed by atoms with E-state index in [1.54, 1.807) is 6.92 Å². The number of nitrogens with one attached hydrogen (secondary N) is 2. The SMILES string of the molecule is C1CNCCN1.CC(=O)c1ccccc1. The van der Waals surface area contributed by atoms with Gasteiger partial charge in [0.25, 0.3) is 0 Å². The largest absolute Gasteiger partial charge is 0.314 e. The monoisotopic (exact) mass is 206 g/mol. The lowest BCUT2D eigenvalue weighted by Crippen LogP contribution is -2.39. The predicted octanol–water partition coefficient (Wildman–Crippen LogP) is 1.07. The Balaban J connectivity index is 0.000000162. The first-order valence-electron chi connectivity index (χ1n) is 5.28. The van der Waals surface area contributed by atoms with Crippen LogP contribution in [0.1, 0.15) is 17.3 Å². The van der Waals surface area contributed by atoms with E-state index < -0.39 is 0 Å². The molecular weight excluding hydrogens is 188 g/mol. The average molecular weight is 206 g/mol. The minimum absolute atomic E-state index is 0.121. The molecule has 1 aliphatic rings. The van der Waals surface area contributed by atoms with E-state index >= 15 is 0 Å². The van der Waals surface area contributed by atoms with E-state index in [4.69, 9.17) is 0 Å². The van der Waals surface area contributed by atoms with Gasteiger partial charge in [-0.3, -0.25) is 4.79 Å². The topological polar surface area (TPSA) is 41.1 Å². The lowest BCUT2D eigenvalue weighted by Gasteiger charge is -2.11. The highest BCUT2D eigenvalue weighted by Gasteiger charge is 1.93. The summed E-state index contributed by atoms with van der Waals surface area (Å²) in [5.41, 5.74) is 0.775. The lowest BCUT2D eigenvalue weighted by atomic mass is 10.2. The van der Waals surface area contributed by atoms with Crippen molar-refractivity contribution in [2.45, 2.75) is 6.92 Å². The summed E-state index contributed by atoms with van der Waals surface area (Å²) < 4.78 is 0. The van der Waals surface area contributed by atoms with Gasteiger partial charge in [-0.2, -0.15) is 0 Å². The summed E-state index contributed by atoms with van der Waals surface area (Å²) in [6.45, 7) is 6.12. The Hall–Kier alpha value is -1.19. The Labute approximate surface area is 90.9 Å². The van der Waals surface area contributed by atoms with E-state index in [0.717, 1.165) is 31.7 Å². The van der Waals surface area contributed by atoms with Crippen molar-refractivity contribution < 1.29 is 4.79 Å². The third-order valence-corrected chi connectivity index (χ3v) is 2.14. The molecule has 0 radical (unpaired) electrons. The van der Waals surface area contributed by atoms with Crippen molar-refractivity contribution in [1.29, 1.82) is 0 Å². The zero-order valence-electron chi connectivity index (χ0n) is 9.12. The highest BCUT2D eigenvalue weighted by atomic mass is 16.1. The van der Waals surface area contributed by atoms with Crippen LogP contribution in [0.5, 0.6) is 0 Å². The van der Waals surface area contributed by atoms with E-state index in [2.05, 4.69) is 10.6 Å². The molecule has 0 saturated carbocycles. The maximum Gasteiger partial charge on any atom is 0.159 e. The normalized spacial score (nSPS) is 15.0. The van der Waals surface area contributed by atoms with Crippen LogP contribution in [0.4, 0.5) is 0 Å². The summed E-state index contributed by atoms with van der Waals surface area (Å²) in [7, 11) is 0. The predicted molar refractivity (Wildman–Crippen MR) is 62.2 cm³/mol. The molecular formula is C12H18N2O. The molecule has 0 aromatic heterocycles. The molecule has 82 valence electrons. The maximum absolute atomic E-state index is 10.6. The molecule has 0 spiro atoms. The number of benzene rings is 1. The van der Waals surface area contributed by atoms with Crippen molar-refractivity contribution in [2.24, 2.45) is 0 Å². The molecule has 1 aromatic carbocycles. The first kappa shape index (κ1) is 11.9. The van der Waals surface area contributed by atoms with E-state index in [1.807, 2.05) is 30.3 Å². The van der Waals surface area contributed by atoms with Crippen LogP contribution in [0, 0.1) is 0 Å². The standard InChI is InChI=1S/C8H8O.C4H10N2/c1-7(9)8-5-3-2-4-6-8;1-2-6-4-3-5-1/h2-6H,1H3;5-6H,1-4H2. The number of carbonyl (C=O) groups is 1. The van der Waals surface area contributed by atoms with Gasteiger partial charge in [0.2, 0.25) is 0 Å². The van der Waals surface area contributed by atoms with Gasteiger partial charge >= 0.3 is 0 Å². The number of rotatable bonds is 1. The Morgan fingerprint density at radius 1 is 1.00 bits per heavy atom. The minimum atomic E-state index is 0.121. The number of hydrogen-bond donors (Lipinski definition) is 2. The zero-order chi connectivity index (χ0) is 10.9. The van der Waals surface area contributed by atoms with Crippen LogP contribution >= 0.6 is 0 Å². The van der Waals surface area contributed by atoms with Crippen LogP contribution in [-0.2, 0) is 0 Å². The van der Waals surface area contributed by atoms with Crippen molar-refractivity contribution in [2.75, 3.05) is 26.2 Å². The third kappa shape index (κ3) is 5.30. The van der Waals surface area contributed by atoms with E-state index in [0.29, 0.717) is 0 Å². The molecule has 2 N–H and O–H groups in total. The van der Waals surface area contributed by atoms with Crippen LogP contribution in [0.2, 0.25) is 0 Å². The van der Waals surface area contributed by atoms with Crippen molar-refractivity contribution in [3.63, 3.8) is 0 Å². The summed E-state index contributed by atoms with van der Waals surface area (Å²) in [4.78, 5) is 10.6. The number of hydrogen-bond acceptors (Lipinski definition) is 3. The van der Waals surface area contributed by atoms with Crippen molar-refractivity contribution in [3.05, 3.63) is 35.9 Å². The summed E-state index contributed by atoms with van der Waals surface area (Å²) in [6.07, 6.45) is 0. The fourth-order valence-corrected chi connectivity index (χ4v) is 1.28. The quantitative estimate of drug-likeness (QED) is 0.675. The fourth-order valence-electron chi connectivity index (χ4n) is 1.28. The van der Waals surface area contributed by atoms with Crippen LogP contribution in [0.3, 0.4) is 0 Å². The molecule has 0 amide bonds. The summed E-state index contributed by atoms with van der Waals surface area (Å²) in [5.74, 6) is 0.121. The fraction of sp³-hybridized carbons (Fsp3) is 0.417. The van der Waals surface area contributed by atoms with Crippen LogP contribution in [0.25, 0.3) is 0 Å². The van der Waals surface area contributed by atoms with Gasteiger partial charge in [0.1, 0.15) is 0 Å². The smallest absolute Gasteiger partial charge is 0.159 e. The molecule has 3 heteroatoms. The van der Waals surface area contributed by atoms with Gasteiger partial charge in [0.15, 0.2) is 5.78 Å². The third-order valence-electron chi connectivity index (χ3n) is 2.14. The van der Waals surface area contributed by atoms with Crippen molar-refractivity contribution in [1.82, 2.24) is 10.6 Å². The second kappa shape index (κ2) is 7.15. The highest BCUT2D eigenvalue weighted by molar-refractivity contribution is 5.93. The number of Topliss-reactive ketones (excluding diaryl/α,β-unsaturated/α-hetero) is 1. The lowest BCUT2D eigenvalue weighted by molar-refractivity contribution is 0.101. The maximum atomic E-state index is 10.6. The first-order chi connectivity index (χ1) is 7.30. The highest BCUT2D eigenvalue weighted by Crippen LogP contribution is 1.97. The van der Waals surface area contributed by atoms with E-state index in [9.17, 15) is 4.79 Å². The molecule has 0 unspecified atom stereocenters. The summed E-state index contributed by atoms with van der Waals surface area (Å²) in [5, 5.41) is 6.44. The Morgan fingerprint density at radius 2 is 1.47 bits per heavy atom. The van der Waals surface area contributed by atoms with Gasteiger partial charge in [-0.15, -0.1) is 0 Å². The van der Waals surface area contributed by atoms with Crippen LogP contribution < -0.4 is 10.6 Å². The molecule has 1 saturated heterocycles. The molecule has 0 bridgehead atoms. The number of ketones is 1. The van der Waals surface area contributed by atoms with Gasteiger partial charge in [-0.05, 0) is 6.92 Å². The van der Waals surface area contributed by atoms with Gasteiger partial charge in [-0.25, -0.2) is 0 Å². The summed E-state index contributed by atoms with van der Waals surface area (Å²) in [6, 6.07) is 9.23. The molecule has 1 heterocycles. The van der Waals surface area contributed by atoms with Crippen molar-refractivity contribution in [3.8, 4) is 0 Å². The molecule has 15 heavy (non-hydrogen) atoms. The summed E-state index contributed by atoms with van der Waals surface area (Å²) >= 11 is 0. The molecule has 3 nitrogen and oxygen atoms in total. The second-order valence-corrected chi connectivity index (χ2v) is 3.42. The molecule has 2 rings (SSSR count). The second-order valence-electron chi connectivity index (χ2n) is 3.42. The Kier molecular flexibility index (Phi) is 5.66. The average Bonchev–Trinajstić information content (AvgIpc) is 2.33. The van der Waals surface area contributed by atoms with Gasteiger partial charge in [-0.1, -0.05) is 30.3 Å². The first-order valence-corrected chi connectivity index (χ1v) is 5.28. The number of piperazine rings is 1. The van der Waals surface area contributed by atoms with Crippen LogP contribution in [0.15, 0.2) is 30.3 Å². The van der Waals surface area contributed by atoms with Gasteiger partial charge in [0.05, 0.1) is 0 Å². The van der Waals surface area contributed by atoms with Gasteiger partial charge in [0, 0.05) is 31.7 Å². The zero-order valence-corrected chi connectivity index (χ0v) is 9.12. The molecule has 1 aliphatic heterocycles. The van der Waals surface area contributed by atoms with Crippen molar-refractivity contribution >= 4 is 5.78 Å². The minimum Gasteiger partial charge on any atom is -0.314 e. The van der Waals surface area contributed by atoms with Crippen LogP contribution in [-0.4, -0.2) is 32.0 Å². The van der Waals surface area contributed by atoms with E-state index in [1.165, 1.54) is 0 Å². The molecule has 1 aromatic rings. The Bertz CT molecular complexity index is 269.